The third-order valence-electron chi connectivity index (χ3n) is 9.32. The van der Waals surface area contributed by atoms with Crippen LogP contribution in [0.3, 0.4) is 0 Å². The number of esters is 1. The molecule has 1 amide bonds. The van der Waals surface area contributed by atoms with Gasteiger partial charge in [0.05, 0.1) is 17.0 Å². The number of carbonyl (C=O) groups is 4. The number of benzene rings is 3. The molecule has 10 heteroatoms. The summed E-state index contributed by atoms with van der Waals surface area (Å²) >= 11 is 0. The molecule has 0 saturated heterocycles. The van der Waals surface area contributed by atoms with Crippen LogP contribution in [0.25, 0.3) is 11.1 Å². The van der Waals surface area contributed by atoms with Gasteiger partial charge in [0.2, 0.25) is 0 Å². The van der Waals surface area contributed by atoms with E-state index in [1.165, 1.54) is 7.05 Å². The fourth-order valence-corrected chi connectivity index (χ4v) is 6.83. The van der Waals surface area contributed by atoms with Gasteiger partial charge in [0, 0.05) is 32.2 Å². The van der Waals surface area contributed by atoms with Crippen molar-refractivity contribution in [2.45, 2.75) is 78.4 Å². The number of ether oxygens (including phenoxy) is 2. The van der Waals surface area contributed by atoms with Crippen LogP contribution in [0.2, 0.25) is 0 Å². The maximum absolute atomic E-state index is 13.3. The Labute approximate surface area is 298 Å². The largest absolute Gasteiger partial charge is 0.511 e. The lowest BCUT2D eigenvalue weighted by Crippen LogP contribution is -2.44. The summed E-state index contributed by atoms with van der Waals surface area (Å²) in [4.78, 5) is 56.9. The SMILES string of the molecule is CC(C)CC(=Nc1ccc(COC(=O)[C@@H](CCC(=O)O)N(C)C(=O)OCC2c3ccccc3-c3ccccc32)cc1)C1=C(O)CC(C)(C)CC1=O. The van der Waals surface area contributed by atoms with Crippen molar-refractivity contribution < 1.29 is 38.9 Å². The van der Waals surface area contributed by atoms with E-state index in [0.717, 1.165) is 27.2 Å². The molecule has 3 aromatic rings. The molecule has 2 aliphatic rings. The number of aliphatic hydroxyl groups is 1. The Morgan fingerprint density at radius 2 is 1.53 bits per heavy atom. The minimum atomic E-state index is -1.18. The topological polar surface area (TPSA) is 143 Å². The Hall–Kier alpha value is -5.25. The summed E-state index contributed by atoms with van der Waals surface area (Å²) in [5.41, 5.74) is 6.01. The number of carboxylic acids is 1. The number of carbonyl (C=O) groups excluding carboxylic acids is 3. The van der Waals surface area contributed by atoms with E-state index in [-0.39, 0.29) is 54.8 Å². The van der Waals surface area contributed by atoms with Gasteiger partial charge in [-0.1, -0.05) is 88.4 Å². The molecule has 0 aromatic heterocycles. The molecular weight excluding hydrogens is 648 g/mol. The van der Waals surface area contributed by atoms with E-state index in [1.807, 2.05) is 76.2 Å². The lowest BCUT2D eigenvalue weighted by atomic mass is 9.75. The molecule has 0 aliphatic heterocycles. The van der Waals surface area contributed by atoms with Crippen LogP contribution in [0.1, 0.15) is 82.4 Å². The Morgan fingerprint density at radius 3 is 2.10 bits per heavy atom. The van der Waals surface area contributed by atoms with Crippen LogP contribution in [0.15, 0.2) is 89.1 Å². The minimum absolute atomic E-state index is 0.0503. The molecule has 2 N–H and O–H groups in total. The van der Waals surface area contributed by atoms with Gasteiger partial charge in [-0.05, 0) is 64.1 Å². The van der Waals surface area contributed by atoms with Crippen molar-refractivity contribution in [2.75, 3.05) is 13.7 Å². The second kappa shape index (κ2) is 15.7. The first-order chi connectivity index (χ1) is 24.2. The van der Waals surface area contributed by atoms with Gasteiger partial charge in [-0.15, -0.1) is 0 Å². The number of aliphatic imine (C=N–C) groups is 1. The van der Waals surface area contributed by atoms with Crippen molar-refractivity contribution in [1.29, 1.82) is 0 Å². The Bertz CT molecular complexity index is 1810. The van der Waals surface area contributed by atoms with E-state index in [1.54, 1.807) is 24.3 Å². The molecule has 5 rings (SSSR count). The van der Waals surface area contributed by atoms with Crippen molar-refractivity contribution in [1.82, 2.24) is 4.90 Å². The molecule has 0 unspecified atom stereocenters. The summed E-state index contributed by atoms with van der Waals surface area (Å²) in [6, 6.07) is 21.7. The van der Waals surface area contributed by atoms with Crippen LogP contribution < -0.4 is 0 Å². The van der Waals surface area contributed by atoms with E-state index in [4.69, 9.17) is 14.5 Å². The third-order valence-corrected chi connectivity index (χ3v) is 9.32. The number of rotatable bonds is 13. The van der Waals surface area contributed by atoms with E-state index in [0.29, 0.717) is 41.8 Å². The Kier molecular flexibility index (Phi) is 11.4. The maximum atomic E-state index is 13.3. The second-order valence-electron chi connectivity index (χ2n) is 14.6. The van der Waals surface area contributed by atoms with Gasteiger partial charge in [-0.3, -0.25) is 19.5 Å². The van der Waals surface area contributed by atoms with E-state index < -0.39 is 24.1 Å². The number of aliphatic carboxylic acids is 1. The molecule has 0 bridgehead atoms. The van der Waals surface area contributed by atoms with Crippen molar-refractivity contribution in [3.05, 3.63) is 101 Å². The van der Waals surface area contributed by atoms with Crippen LogP contribution in [0, 0.1) is 11.3 Å². The zero-order chi connectivity index (χ0) is 36.9. The number of likely N-dealkylation sites (N-methyl/N-ethyl adjacent to an activating group) is 1. The number of aliphatic hydroxyl groups excluding tert-OH is 1. The number of hydrogen-bond donors (Lipinski definition) is 2. The molecule has 268 valence electrons. The van der Waals surface area contributed by atoms with Crippen LogP contribution in [-0.4, -0.2) is 64.3 Å². The fraction of sp³-hybridized carbons (Fsp3) is 0.390. The average molecular weight is 695 g/mol. The third kappa shape index (κ3) is 8.92. The molecule has 0 heterocycles. The predicted molar refractivity (Wildman–Crippen MR) is 194 cm³/mol. The average Bonchev–Trinajstić information content (AvgIpc) is 3.39. The Balaban J connectivity index is 1.24. The van der Waals surface area contributed by atoms with Gasteiger partial charge in [0.1, 0.15) is 25.0 Å². The lowest BCUT2D eigenvalue weighted by Gasteiger charge is -2.30. The smallest absolute Gasteiger partial charge is 0.410 e. The molecule has 51 heavy (non-hydrogen) atoms. The van der Waals surface area contributed by atoms with Gasteiger partial charge in [0.25, 0.3) is 0 Å². The van der Waals surface area contributed by atoms with E-state index >= 15 is 0 Å². The van der Waals surface area contributed by atoms with Crippen molar-refractivity contribution in [3.63, 3.8) is 0 Å². The molecule has 2 aliphatic carbocycles. The fourth-order valence-electron chi connectivity index (χ4n) is 6.83. The van der Waals surface area contributed by atoms with Gasteiger partial charge in [0.15, 0.2) is 5.78 Å². The number of amides is 1. The normalized spacial score (nSPS) is 16.0. The standard InChI is InChI=1S/C41H46N2O8/c1-25(2)20-33(38-35(44)21-41(3,4)22-36(38)45)42-27-16-14-26(15-17-27)23-50-39(48)34(18-19-37(46)47)43(5)40(49)51-24-32-30-12-8-6-10-28(30)29-11-7-9-13-31(29)32/h6-17,25,32,34,44H,18-24H2,1-5H3,(H,46,47)/t34-/m1/s1. The molecule has 10 nitrogen and oxygen atoms in total. The van der Waals surface area contributed by atoms with Crippen LogP contribution in [0.5, 0.6) is 0 Å². The number of allylic oxidation sites excluding steroid dienone is 2. The van der Waals surface area contributed by atoms with Crippen LogP contribution >= 0.6 is 0 Å². The summed E-state index contributed by atoms with van der Waals surface area (Å²) < 4.78 is 11.3. The lowest BCUT2D eigenvalue weighted by molar-refractivity contribution is -0.151. The molecule has 3 aromatic carbocycles. The molecular formula is C41H46N2O8. The van der Waals surface area contributed by atoms with E-state index in [2.05, 4.69) is 0 Å². The first-order valence-corrected chi connectivity index (χ1v) is 17.3. The van der Waals surface area contributed by atoms with Crippen molar-refractivity contribution in [2.24, 2.45) is 16.3 Å². The molecule has 0 fully saturated rings. The van der Waals surface area contributed by atoms with Crippen LogP contribution in [0.4, 0.5) is 10.5 Å². The number of Topliss-reactive ketones (excluding diaryl/α,β-unsaturated/α-hetero) is 1. The summed E-state index contributed by atoms with van der Waals surface area (Å²) in [7, 11) is 1.40. The molecule has 1 atom stereocenters. The number of ketones is 1. The maximum Gasteiger partial charge on any atom is 0.410 e. The minimum Gasteiger partial charge on any atom is -0.511 e. The zero-order valence-electron chi connectivity index (χ0n) is 29.8. The monoisotopic (exact) mass is 694 g/mol. The molecule has 0 spiro atoms. The van der Waals surface area contributed by atoms with Crippen LogP contribution in [-0.2, 0) is 30.5 Å². The Morgan fingerprint density at radius 1 is 0.922 bits per heavy atom. The first kappa shape index (κ1) is 37.0. The van der Waals surface area contributed by atoms with Crippen molar-refractivity contribution >= 4 is 35.2 Å². The highest BCUT2D eigenvalue weighted by atomic mass is 16.6. The molecule has 0 saturated carbocycles. The van der Waals surface area contributed by atoms with Gasteiger partial charge in [-0.2, -0.15) is 0 Å². The number of hydrogen-bond acceptors (Lipinski definition) is 8. The number of nitrogens with zero attached hydrogens (tertiary/aromatic N) is 2. The van der Waals surface area contributed by atoms with Gasteiger partial charge in [-0.25, -0.2) is 9.59 Å². The summed E-state index contributed by atoms with van der Waals surface area (Å²) in [6.07, 6.45) is -0.0145. The quantitative estimate of drug-likeness (QED) is 0.135. The second-order valence-corrected chi connectivity index (χ2v) is 14.6. The summed E-state index contributed by atoms with van der Waals surface area (Å²) in [5, 5.41) is 20.1. The zero-order valence-corrected chi connectivity index (χ0v) is 29.8. The van der Waals surface area contributed by atoms with Gasteiger partial charge >= 0.3 is 18.0 Å². The summed E-state index contributed by atoms with van der Waals surface area (Å²) in [5.74, 6) is -1.89. The van der Waals surface area contributed by atoms with Gasteiger partial charge < -0.3 is 19.7 Å². The summed E-state index contributed by atoms with van der Waals surface area (Å²) in [6.45, 7) is 7.89. The van der Waals surface area contributed by atoms with E-state index in [9.17, 15) is 29.4 Å². The molecule has 0 radical (unpaired) electrons. The highest BCUT2D eigenvalue weighted by Gasteiger charge is 2.36. The first-order valence-electron chi connectivity index (χ1n) is 17.3. The van der Waals surface area contributed by atoms with Crippen molar-refractivity contribution in [3.8, 4) is 11.1 Å². The highest BCUT2D eigenvalue weighted by molar-refractivity contribution is 6.23. The number of carboxylic acid groups (broad SMARTS) is 1. The highest BCUT2D eigenvalue weighted by Crippen LogP contribution is 2.44. The number of fused-ring (bicyclic) bond motifs is 3. The predicted octanol–water partition coefficient (Wildman–Crippen LogP) is 8.16.